The molecule has 20 heavy (non-hydrogen) atoms. The molecule has 0 radical (unpaired) electrons. The molecule has 0 amide bonds. The van der Waals surface area contributed by atoms with Crippen LogP contribution in [0.5, 0.6) is 11.6 Å². The van der Waals surface area contributed by atoms with Gasteiger partial charge in [-0.05, 0) is 47.7 Å². The third-order valence-electron chi connectivity index (χ3n) is 2.88. The van der Waals surface area contributed by atoms with E-state index in [0.717, 1.165) is 26.5 Å². The SMILES string of the molecule is CNc1nc(C(C)C)nc(Oc2cccc(I)c2)c1C. The average molecular weight is 383 g/mol. The molecule has 2 rings (SSSR count). The quantitative estimate of drug-likeness (QED) is 0.798. The second kappa shape index (κ2) is 6.39. The van der Waals surface area contributed by atoms with Crippen molar-refractivity contribution in [1.82, 2.24) is 9.97 Å². The molecule has 1 N–H and O–H groups in total. The van der Waals surface area contributed by atoms with Crippen molar-refractivity contribution >= 4 is 28.4 Å². The summed E-state index contributed by atoms with van der Waals surface area (Å²) in [6.07, 6.45) is 0. The van der Waals surface area contributed by atoms with Crippen LogP contribution in [0.15, 0.2) is 24.3 Å². The van der Waals surface area contributed by atoms with E-state index in [9.17, 15) is 0 Å². The number of nitrogens with zero attached hydrogens (tertiary/aromatic N) is 2. The molecule has 2 aromatic rings. The lowest BCUT2D eigenvalue weighted by atomic mass is 10.2. The van der Waals surface area contributed by atoms with Gasteiger partial charge in [0.15, 0.2) is 0 Å². The first-order chi connectivity index (χ1) is 9.51. The van der Waals surface area contributed by atoms with Crippen LogP contribution >= 0.6 is 22.6 Å². The Kier molecular flexibility index (Phi) is 4.80. The molecule has 0 spiro atoms. The van der Waals surface area contributed by atoms with E-state index >= 15 is 0 Å². The Labute approximate surface area is 133 Å². The fourth-order valence-corrected chi connectivity index (χ4v) is 2.27. The lowest BCUT2D eigenvalue weighted by Gasteiger charge is -2.14. The molecule has 106 valence electrons. The molecule has 0 fully saturated rings. The van der Waals surface area contributed by atoms with Crippen LogP contribution in [-0.2, 0) is 0 Å². The first-order valence-corrected chi connectivity index (χ1v) is 7.59. The van der Waals surface area contributed by atoms with Gasteiger partial charge in [-0.2, -0.15) is 4.98 Å². The second-order valence-corrected chi connectivity index (χ2v) is 6.07. The van der Waals surface area contributed by atoms with Crippen molar-refractivity contribution in [2.45, 2.75) is 26.7 Å². The molecule has 5 heteroatoms. The minimum atomic E-state index is 0.251. The molecule has 0 bridgehead atoms. The van der Waals surface area contributed by atoms with Crippen LogP contribution < -0.4 is 10.1 Å². The predicted octanol–water partition coefficient (Wildman–Crippen LogP) is 4.35. The van der Waals surface area contributed by atoms with Gasteiger partial charge in [-0.15, -0.1) is 0 Å². The molecule has 0 aliphatic rings. The van der Waals surface area contributed by atoms with Crippen molar-refractivity contribution in [3.8, 4) is 11.6 Å². The van der Waals surface area contributed by atoms with Crippen LogP contribution in [0.25, 0.3) is 0 Å². The topological polar surface area (TPSA) is 47.0 Å². The number of ether oxygens (including phenoxy) is 1. The molecule has 1 heterocycles. The number of rotatable bonds is 4. The summed E-state index contributed by atoms with van der Waals surface area (Å²) in [5.74, 6) is 3.23. The zero-order valence-corrected chi connectivity index (χ0v) is 14.2. The maximum Gasteiger partial charge on any atom is 0.227 e. The van der Waals surface area contributed by atoms with E-state index in [-0.39, 0.29) is 5.92 Å². The number of hydrogen-bond donors (Lipinski definition) is 1. The summed E-state index contributed by atoms with van der Waals surface area (Å²) in [6, 6.07) is 7.91. The number of anilines is 1. The third kappa shape index (κ3) is 3.39. The van der Waals surface area contributed by atoms with Gasteiger partial charge in [-0.3, -0.25) is 0 Å². The fourth-order valence-electron chi connectivity index (χ4n) is 1.76. The number of hydrogen-bond acceptors (Lipinski definition) is 4. The molecule has 1 aromatic carbocycles. The number of aromatic nitrogens is 2. The molecule has 0 atom stereocenters. The summed E-state index contributed by atoms with van der Waals surface area (Å²) in [6.45, 7) is 6.10. The largest absolute Gasteiger partial charge is 0.439 e. The van der Waals surface area contributed by atoms with Gasteiger partial charge in [0.25, 0.3) is 0 Å². The highest BCUT2D eigenvalue weighted by Crippen LogP contribution is 2.29. The van der Waals surface area contributed by atoms with Gasteiger partial charge >= 0.3 is 0 Å². The van der Waals surface area contributed by atoms with Gasteiger partial charge in [0.1, 0.15) is 17.4 Å². The fraction of sp³-hybridized carbons (Fsp3) is 0.333. The summed E-state index contributed by atoms with van der Waals surface area (Å²) < 4.78 is 7.06. The van der Waals surface area contributed by atoms with Crippen LogP contribution in [0.1, 0.15) is 31.2 Å². The zero-order chi connectivity index (χ0) is 14.7. The van der Waals surface area contributed by atoms with Gasteiger partial charge in [0.2, 0.25) is 5.88 Å². The summed E-state index contributed by atoms with van der Waals surface area (Å²) in [5, 5.41) is 3.10. The Hall–Kier alpha value is -1.37. The molecular weight excluding hydrogens is 365 g/mol. The van der Waals surface area contributed by atoms with Crippen molar-refractivity contribution in [3.63, 3.8) is 0 Å². The monoisotopic (exact) mass is 383 g/mol. The minimum absolute atomic E-state index is 0.251. The van der Waals surface area contributed by atoms with Gasteiger partial charge in [0, 0.05) is 16.5 Å². The Bertz CT molecular complexity index is 614. The molecule has 0 aliphatic heterocycles. The van der Waals surface area contributed by atoms with Crippen LogP contribution in [0.2, 0.25) is 0 Å². The van der Waals surface area contributed by atoms with E-state index in [4.69, 9.17) is 4.74 Å². The van der Waals surface area contributed by atoms with Crippen LogP contribution in [0.3, 0.4) is 0 Å². The lowest BCUT2D eigenvalue weighted by Crippen LogP contribution is -2.06. The maximum atomic E-state index is 5.93. The maximum absolute atomic E-state index is 5.93. The zero-order valence-electron chi connectivity index (χ0n) is 12.1. The number of benzene rings is 1. The van der Waals surface area contributed by atoms with E-state index in [1.165, 1.54) is 0 Å². The normalized spacial score (nSPS) is 10.7. The van der Waals surface area contributed by atoms with Crippen molar-refractivity contribution < 1.29 is 4.74 Å². The highest BCUT2D eigenvalue weighted by atomic mass is 127. The van der Waals surface area contributed by atoms with E-state index in [1.807, 2.05) is 38.2 Å². The van der Waals surface area contributed by atoms with Crippen LogP contribution in [0.4, 0.5) is 5.82 Å². The molecule has 0 saturated heterocycles. The second-order valence-electron chi connectivity index (χ2n) is 4.82. The average Bonchev–Trinajstić information content (AvgIpc) is 2.41. The molecule has 1 aromatic heterocycles. The molecule has 0 aliphatic carbocycles. The Morgan fingerprint density at radius 1 is 1.25 bits per heavy atom. The summed E-state index contributed by atoms with van der Waals surface area (Å²) in [4.78, 5) is 9.04. The van der Waals surface area contributed by atoms with Crippen LogP contribution in [0, 0.1) is 10.5 Å². The summed E-state index contributed by atoms with van der Waals surface area (Å²) in [5.41, 5.74) is 0.913. The Morgan fingerprint density at radius 2 is 2.00 bits per heavy atom. The van der Waals surface area contributed by atoms with E-state index in [2.05, 4.69) is 51.7 Å². The van der Waals surface area contributed by atoms with Gasteiger partial charge in [-0.25, -0.2) is 4.98 Å². The highest BCUT2D eigenvalue weighted by molar-refractivity contribution is 14.1. The van der Waals surface area contributed by atoms with Crippen LogP contribution in [-0.4, -0.2) is 17.0 Å². The van der Waals surface area contributed by atoms with Crippen molar-refractivity contribution in [1.29, 1.82) is 0 Å². The number of nitrogens with one attached hydrogen (secondary N) is 1. The van der Waals surface area contributed by atoms with E-state index < -0.39 is 0 Å². The third-order valence-corrected chi connectivity index (χ3v) is 3.55. The molecule has 0 saturated carbocycles. The first kappa shape index (κ1) is 15.0. The first-order valence-electron chi connectivity index (χ1n) is 6.51. The smallest absolute Gasteiger partial charge is 0.227 e. The molecule has 4 nitrogen and oxygen atoms in total. The van der Waals surface area contributed by atoms with Crippen molar-refractivity contribution in [2.24, 2.45) is 0 Å². The van der Waals surface area contributed by atoms with Crippen molar-refractivity contribution in [3.05, 3.63) is 39.2 Å². The lowest BCUT2D eigenvalue weighted by molar-refractivity contribution is 0.453. The van der Waals surface area contributed by atoms with E-state index in [0.29, 0.717) is 5.88 Å². The molecular formula is C15H18IN3O. The predicted molar refractivity (Wildman–Crippen MR) is 89.6 cm³/mol. The molecule has 0 unspecified atom stereocenters. The Morgan fingerprint density at radius 3 is 2.60 bits per heavy atom. The van der Waals surface area contributed by atoms with Gasteiger partial charge in [0.05, 0.1) is 5.56 Å². The standard InChI is InChI=1S/C15H18IN3O/c1-9(2)13-18-14(17-4)10(3)15(19-13)20-12-7-5-6-11(16)8-12/h5-9H,1-4H3,(H,17,18,19). The van der Waals surface area contributed by atoms with Crippen molar-refractivity contribution in [2.75, 3.05) is 12.4 Å². The summed E-state index contributed by atoms with van der Waals surface area (Å²) >= 11 is 2.26. The highest BCUT2D eigenvalue weighted by Gasteiger charge is 2.14. The Balaban J connectivity index is 2.42. The number of halogens is 1. The minimum Gasteiger partial charge on any atom is -0.439 e. The van der Waals surface area contributed by atoms with E-state index in [1.54, 1.807) is 0 Å². The summed E-state index contributed by atoms with van der Waals surface area (Å²) in [7, 11) is 1.86. The van der Waals surface area contributed by atoms with Gasteiger partial charge < -0.3 is 10.1 Å². The van der Waals surface area contributed by atoms with Gasteiger partial charge in [-0.1, -0.05) is 19.9 Å².